The average molecular weight is 434 g/mol. The average Bonchev–Trinajstić information content (AvgIpc) is 3.08. The Morgan fingerprint density at radius 3 is 2.25 bits per heavy atom. The molecule has 1 aromatic heterocycles. The number of aliphatic hydroxyl groups is 1. The van der Waals surface area contributed by atoms with Crippen LogP contribution in [0.1, 0.15) is 99.9 Å². The number of ether oxygens (including phenoxy) is 1. The van der Waals surface area contributed by atoms with Gasteiger partial charge >= 0.3 is 0 Å². The second-order valence-electron chi connectivity index (χ2n) is 10.6. The standard InChI is InChI=1S/C28H35NO3/c1-7-32-26(22-9-8-18(16-29-22)25-23(30)10-11-24(25)31)19-15-21-20(14-17(19)2)27(3,4)12-13-28(21,5)6/h8-9,14-16,26,30H,7,10-13H2,1-6H3. The summed E-state index contributed by atoms with van der Waals surface area (Å²) in [6.45, 7) is 14.1. The maximum atomic E-state index is 12.2. The SMILES string of the molecule is CCOC(c1ccc(C2=C(O)CCC2=O)cn1)c1cc2c(cc1C)C(C)(C)CCC2(C)C. The quantitative estimate of drug-likeness (QED) is 0.585. The summed E-state index contributed by atoms with van der Waals surface area (Å²) in [6.07, 6.45) is 4.54. The van der Waals surface area contributed by atoms with E-state index in [4.69, 9.17) is 4.74 Å². The maximum absolute atomic E-state index is 12.2. The highest BCUT2D eigenvalue weighted by atomic mass is 16.5. The normalized spacial score (nSPS) is 20.4. The van der Waals surface area contributed by atoms with E-state index in [1.807, 2.05) is 19.1 Å². The second-order valence-corrected chi connectivity index (χ2v) is 10.6. The van der Waals surface area contributed by atoms with Gasteiger partial charge < -0.3 is 9.84 Å². The molecule has 1 aromatic carbocycles. The van der Waals surface area contributed by atoms with E-state index in [9.17, 15) is 9.90 Å². The summed E-state index contributed by atoms with van der Waals surface area (Å²) < 4.78 is 6.22. The minimum Gasteiger partial charge on any atom is -0.512 e. The molecule has 0 saturated heterocycles. The first-order chi connectivity index (χ1) is 15.0. The zero-order valence-corrected chi connectivity index (χ0v) is 20.2. The Labute approximate surface area is 191 Å². The zero-order chi connectivity index (χ0) is 23.3. The van der Waals surface area contributed by atoms with Crippen molar-refractivity contribution in [2.24, 2.45) is 0 Å². The number of aryl methyl sites for hydroxylation is 1. The molecule has 0 amide bonds. The van der Waals surface area contributed by atoms with Gasteiger partial charge in [-0.1, -0.05) is 45.9 Å². The van der Waals surface area contributed by atoms with E-state index in [1.54, 1.807) is 6.20 Å². The van der Waals surface area contributed by atoms with Gasteiger partial charge in [-0.3, -0.25) is 9.78 Å². The number of pyridine rings is 1. The number of rotatable bonds is 5. The van der Waals surface area contributed by atoms with Gasteiger partial charge in [-0.25, -0.2) is 0 Å². The molecular formula is C28H35NO3. The molecule has 32 heavy (non-hydrogen) atoms. The summed E-state index contributed by atoms with van der Waals surface area (Å²) in [4.78, 5) is 16.8. The van der Waals surface area contributed by atoms with E-state index < -0.39 is 0 Å². The molecular weight excluding hydrogens is 398 g/mol. The lowest BCUT2D eigenvalue weighted by Crippen LogP contribution is -2.34. The van der Waals surface area contributed by atoms with Crippen LogP contribution in [-0.4, -0.2) is 22.5 Å². The predicted molar refractivity (Wildman–Crippen MR) is 128 cm³/mol. The highest BCUT2D eigenvalue weighted by Gasteiger charge is 2.38. The van der Waals surface area contributed by atoms with Crippen LogP contribution in [0.4, 0.5) is 0 Å². The highest BCUT2D eigenvalue weighted by Crippen LogP contribution is 2.47. The summed E-state index contributed by atoms with van der Waals surface area (Å²) in [6, 6.07) is 8.50. The molecule has 0 spiro atoms. The van der Waals surface area contributed by atoms with Gasteiger partial charge in [0, 0.05) is 31.2 Å². The van der Waals surface area contributed by atoms with Crippen LogP contribution in [0.2, 0.25) is 0 Å². The lowest BCUT2D eigenvalue weighted by atomic mass is 9.62. The van der Waals surface area contributed by atoms with Crippen molar-refractivity contribution >= 4 is 11.4 Å². The topological polar surface area (TPSA) is 59.4 Å². The Kier molecular flexibility index (Phi) is 5.79. The van der Waals surface area contributed by atoms with E-state index in [-0.39, 0.29) is 28.5 Å². The molecule has 4 nitrogen and oxygen atoms in total. The first-order valence-electron chi connectivity index (χ1n) is 11.7. The fourth-order valence-corrected chi connectivity index (χ4v) is 5.20. The van der Waals surface area contributed by atoms with Gasteiger partial charge in [0.15, 0.2) is 5.78 Å². The summed E-state index contributed by atoms with van der Waals surface area (Å²) in [5.41, 5.74) is 7.39. The molecule has 0 radical (unpaired) electrons. The summed E-state index contributed by atoms with van der Waals surface area (Å²) >= 11 is 0. The Morgan fingerprint density at radius 1 is 1.06 bits per heavy atom. The van der Waals surface area contributed by atoms with Crippen molar-refractivity contribution in [3.05, 3.63) is 69.7 Å². The Hall–Kier alpha value is -2.46. The van der Waals surface area contributed by atoms with Gasteiger partial charge in [-0.2, -0.15) is 0 Å². The number of carbonyl (C=O) groups is 1. The molecule has 2 aliphatic carbocycles. The molecule has 1 heterocycles. The number of nitrogens with zero attached hydrogens (tertiary/aromatic N) is 1. The number of hydrogen-bond acceptors (Lipinski definition) is 4. The molecule has 0 aliphatic heterocycles. The number of Topliss-reactive ketones (excluding diaryl/α,β-unsaturated/α-hetero) is 1. The third-order valence-electron chi connectivity index (χ3n) is 7.36. The molecule has 1 atom stereocenters. The summed E-state index contributed by atoms with van der Waals surface area (Å²) in [5.74, 6) is 0.148. The lowest BCUT2D eigenvalue weighted by Gasteiger charge is -2.42. The predicted octanol–water partition coefficient (Wildman–Crippen LogP) is 6.50. The number of ketones is 1. The van der Waals surface area contributed by atoms with Gasteiger partial charge in [0.05, 0.1) is 11.3 Å². The maximum Gasteiger partial charge on any atom is 0.167 e. The largest absolute Gasteiger partial charge is 0.512 e. The number of carbonyl (C=O) groups excluding carboxylic acids is 1. The Morgan fingerprint density at radius 2 is 1.72 bits per heavy atom. The van der Waals surface area contributed by atoms with Gasteiger partial charge in [0.2, 0.25) is 0 Å². The number of aromatic nitrogens is 1. The van der Waals surface area contributed by atoms with Gasteiger partial charge in [-0.15, -0.1) is 0 Å². The lowest BCUT2D eigenvalue weighted by molar-refractivity contribution is -0.113. The molecule has 0 bridgehead atoms. The second kappa shape index (κ2) is 8.15. The van der Waals surface area contributed by atoms with Crippen LogP contribution in [0.15, 0.2) is 36.2 Å². The number of hydrogen-bond donors (Lipinski definition) is 1. The Bertz CT molecular complexity index is 1080. The smallest absolute Gasteiger partial charge is 0.167 e. The van der Waals surface area contributed by atoms with Gasteiger partial charge in [-0.05, 0) is 65.8 Å². The van der Waals surface area contributed by atoms with E-state index >= 15 is 0 Å². The van der Waals surface area contributed by atoms with Gasteiger partial charge in [0.1, 0.15) is 11.9 Å². The van der Waals surface area contributed by atoms with E-state index in [0.717, 1.165) is 17.7 Å². The van der Waals surface area contributed by atoms with Crippen molar-refractivity contribution in [3.8, 4) is 0 Å². The molecule has 4 heteroatoms. The third-order valence-corrected chi connectivity index (χ3v) is 7.36. The number of benzene rings is 1. The van der Waals surface area contributed by atoms with Crippen LogP contribution < -0.4 is 0 Å². The summed E-state index contributed by atoms with van der Waals surface area (Å²) in [5, 5.41) is 10.1. The van der Waals surface area contributed by atoms with Crippen molar-refractivity contribution in [1.29, 1.82) is 0 Å². The Balaban J connectivity index is 1.77. The van der Waals surface area contributed by atoms with Crippen LogP contribution >= 0.6 is 0 Å². The third kappa shape index (κ3) is 3.90. The fraction of sp³-hybridized carbons (Fsp3) is 0.500. The number of fused-ring (bicyclic) bond motifs is 1. The van der Waals surface area contributed by atoms with Crippen LogP contribution in [0, 0.1) is 6.92 Å². The molecule has 2 aromatic rings. The minimum absolute atomic E-state index is 0.0196. The van der Waals surface area contributed by atoms with Gasteiger partial charge in [0.25, 0.3) is 0 Å². The summed E-state index contributed by atoms with van der Waals surface area (Å²) in [7, 11) is 0. The van der Waals surface area contributed by atoms with E-state index in [1.165, 1.54) is 23.1 Å². The van der Waals surface area contributed by atoms with Crippen LogP contribution in [0.5, 0.6) is 0 Å². The molecule has 0 fully saturated rings. The van der Waals surface area contributed by atoms with Crippen molar-refractivity contribution in [1.82, 2.24) is 4.98 Å². The van der Waals surface area contributed by atoms with E-state index in [2.05, 4.69) is 51.7 Å². The molecule has 1 unspecified atom stereocenters. The molecule has 4 rings (SSSR count). The highest BCUT2D eigenvalue weighted by molar-refractivity contribution is 6.23. The monoisotopic (exact) mass is 433 g/mol. The zero-order valence-electron chi connectivity index (χ0n) is 20.2. The van der Waals surface area contributed by atoms with Crippen LogP contribution in [0.3, 0.4) is 0 Å². The van der Waals surface area contributed by atoms with Crippen LogP contribution in [-0.2, 0) is 20.4 Å². The number of allylic oxidation sites excluding steroid dienone is 2. The molecule has 2 aliphatic rings. The van der Waals surface area contributed by atoms with Crippen molar-refractivity contribution in [2.45, 2.75) is 84.2 Å². The molecule has 1 N–H and O–H groups in total. The van der Waals surface area contributed by atoms with Crippen molar-refractivity contribution in [2.75, 3.05) is 6.61 Å². The first-order valence-corrected chi connectivity index (χ1v) is 11.7. The molecule has 0 saturated carbocycles. The van der Waals surface area contributed by atoms with Crippen molar-refractivity contribution in [3.63, 3.8) is 0 Å². The number of aliphatic hydroxyl groups excluding tert-OH is 1. The fourth-order valence-electron chi connectivity index (χ4n) is 5.20. The van der Waals surface area contributed by atoms with Crippen molar-refractivity contribution < 1.29 is 14.6 Å². The van der Waals surface area contributed by atoms with Crippen LogP contribution in [0.25, 0.3) is 5.57 Å². The molecule has 170 valence electrons. The van der Waals surface area contributed by atoms with E-state index in [0.29, 0.717) is 30.6 Å². The minimum atomic E-state index is -0.276. The first kappa shape index (κ1) is 22.7.